The highest BCUT2D eigenvalue weighted by Gasteiger charge is 2.12. The van der Waals surface area contributed by atoms with E-state index in [9.17, 15) is 0 Å². The molecule has 3 nitrogen and oxygen atoms in total. The van der Waals surface area contributed by atoms with Gasteiger partial charge in [0.2, 0.25) is 11.8 Å². The highest BCUT2D eigenvalue weighted by Crippen LogP contribution is 2.28. The van der Waals surface area contributed by atoms with E-state index in [1.807, 2.05) is 42.5 Å². The van der Waals surface area contributed by atoms with Gasteiger partial charge in [0.1, 0.15) is 0 Å². The molecule has 0 aliphatic rings. The van der Waals surface area contributed by atoms with Crippen molar-refractivity contribution in [2.75, 3.05) is 0 Å². The summed E-state index contributed by atoms with van der Waals surface area (Å²) in [6.07, 6.45) is 1.79. The molecule has 110 valence electrons. The molecule has 0 radical (unpaired) electrons. The van der Waals surface area contributed by atoms with E-state index in [0.717, 1.165) is 22.1 Å². The summed E-state index contributed by atoms with van der Waals surface area (Å²) in [5, 5.41) is 10.7. The van der Waals surface area contributed by atoms with Gasteiger partial charge >= 0.3 is 0 Å². The molecule has 0 N–H and O–H groups in total. The number of hydrogen-bond acceptors (Lipinski definition) is 3. The lowest BCUT2D eigenvalue weighted by Crippen LogP contribution is -1.82. The molecule has 0 aliphatic heterocycles. The quantitative estimate of drug-likeness (QED) is 0.522. The van der Waals surface area contributed by atoms with Crippen LogP contribution in [0, 0.1) is 0 Å². The molecule has 0 saturated heterocycles. The van der Waals surface area contributed by atoms with Gasteiger partial charge in [-0.1, -0.05) is 61.2 Å². The molecule has 0 spiro atoms. The molecule has 0 bridgehead atoms. The second-order valence-corrected chi connectivity index (χ2v) is 5.27. The summed E-state index contributed by atoms with van der Waals surface area (Å²) in [6.45, 7) is 3.83. The van der Waals surface area contributed by atoms with E-state index in [4.69, 9.17) is 4.42 Å². The lowest BCUT2D eigenvalue weighted by Gasteiger charge is -2.01. The fourth-order valence-electron chi connectivity index (χ4n) is 2.64. The summed E-state index contributed by atoms with van der Waals surface area (Å²) >= 11 is 0. The summed E-state index contributed by atoms with van der Waals surface area (Å²) in [4.78, 5) is 0. The minimum atomic E-state index is 0.503. The molecule has 0 fully saturated rings. The first-order valence-corrected chi connectivity index (χ1v) is 7.40. The summed E-state index contributed by atoms with van der Waals surface area (Å²) < 4.78 is 5.88. The molecule has 23 heavy (non-hydrogen) atoms. The molecule has 4 rings (SSSR count). The Morgan fingerprint density at radius 3 is 2.39 bits per heavy atom. The van der Waals surface area contributed by atoms with Gasteiger partial charge in [0.05, 0.1) is 0 Å². The van der Waals surface area contributed by atoms with Gasteiger partial charge in [-0.05, 0) is 34.5 Å². The van der Waals surface area contributed by atoms with Gasteiger partial charge < -0.3 is 4.42 Å². The Kier molecular flexibility index (Phi) is 3.24. The fourth-order valence-corrected chi connectivity index (χ4v) is 2.64. The van der Waals surface area contributed by atoms with Crippen molar-refractivity contribution in [1.82, 2.24) is 10.2 Å². The minimum Gasteiger partial charge on any atom is -0.416 e. The zero-order valence-electron chi connectivity index (χ0n) is 12.4. The SMILES string of the molecule is C=Cc1ccccc1-c1nnc(-c2ccc3ccccc3c2)o1. The monoisotopic (exact) mass is 298 g/mol. The standard InChI is InChI=1S/C20H14N2O/c1-2-14-7-5-6-10-18(14)20-22-21-19(23-20)17-12-11-15-8-3-4-9-16(15)13-17/h2-13H,1H2. The average molecular weight is 298 g/mol. The van der Waals surface area contributed by atoms with Crippen LogP contribution in [0.5, 0.6) is 0 Å². The van der Waals surface area contributed by atoms with Crippen LogP contribution >= 0.6 is 0 Å². The molecule has 0 amide bonds. The van der Waals surface area contributed by atoms with Gasteiger partial charge in [0, 0.05) is 11.1 Å². The van der Waals surface area contributed by atoms with Crippen molar-refractivity contribution in [2.24, 2.45) is 0 Å². The largest absolute Gasteiger partial charge is 0.416 e. The molecule has 3 heteroatoms. The molecule has 1 heterocycles. The maximum atomic E-state index is 5.88. The van der Waals surface area contributed by atoms with Crippen LogP contribution in [0.25, 0.3) is 39.8 Å². The fraction of sp³-hybridized carbons (Fsp3) is 0. The van der Waals surface area contributed by atoms with Gasteiger partial charge in [-0.2, -0.15) is 0 Å². The number of nitrogens with zero attached hydrogens (tertiary/aromatic N) is 2. The van der Waals surface area contributed by atoms with Crippen molar-refractivity contribution < 1.29 is 4.42 Å². The van der Waals surface area contributed by atoms with Crippen molar-refractivity contribution in [3.63, 3.8) is 0 Å². The topological polar surface area (TPSA) is 38.9 Å². The second-order valence-electron chi connectivity index (χ2n) is 5.27. The molecule has 0 atom stereocenters. The lowest BCUT2D eigenvalue weighted by atomic mass is 10.1. The minimum absolute atomic E-state index is 0.503. The van der Waals surface area contributed by atoms with Crippen LogP contribution in [0.15, 0.2) is 77.7 Å². The molecular weight excluding hydrogens is 284 g/mol. The normalized spacial score (nSPS) is 10.8. The predicted molar refractivity (Wildman–Crippen MR) is 92.8 cm³/mol. The highest BCUT2D eigenvalue weighted by molar-refractivity contribution is 5.86. The molecule has 1 aromatic heterocycles. The third-order valence-electron chi connectivity index (χ3n) is 3.83. The molecule has 0 saturated carbocycles. The van der Waals surface area contributed by atoms with Crippen molar-refractivity contribution in [1.29, 1.82) is 0 Å². The number of rotatable bonds is 3. The van der Waals surface area contributed by atoms with E-state index in [0.29, 0.717) is 11.8 Å². The zero-order valence-corrected chi connectivity index (χ0v) is 12.4. The predicted octanol–water partition coefficient (Wildman–Crippen LogP) is 5.20. The van der Waals surface area contributed by atoms with Crippen LogP contribution in [-0.2, 0) is 0 Å². The van der Waals surface area contributed by atoms with Gasteiger partial charge in [0.25, 0.3) is 0 Å². The first-order valence-electron chi connectivity index (χ1n) is 7.40. The Bertz CT molecular complexity index is 1000. The van der Waals surface area contributed by atoms with Crippen LogP contribution in [-0.4, -0.2) is 10.2 Å². The number of hydrogen-bond donors (Lipinski definition) is 0. The van der Waals surface area contributed by atoms with Crippen LogP contribution in [0.3, 0.4) is 0 Å². The molecule has 0 unspecified atom stereocenters. The summed E-state index contributed by atoms with van der Waals surface area (Å²) in [5.74, 6) is 1.02. The van der Waals surface area contributed by atoms with E-state index in [-0.39, 0.29) is 0 Å². The Hall–Kier alpha value is -3.20. The van der Waals surface area contributed by atoms with Gasteiger partial charge in [0.15, 0.2) is 0 Å². The van der Waals surface area contributed by atoms with Crippen molar-refractivity contribution in [2.45, 2.75) is 0 Å². The van der Waals surface area contributed by atoms with E-state index in [1.165, 1.54) is 5.39 Å². The van der Waals surface area contributed by atoms with Crippen molar-refractivity contribution in [3.05, 3.63) is 78.9 Å². The highest BCUT2D eigenvalue weighted by atomic mass is 16.4. The second kappa shape index (κ2) is 5.54. The average Bonchev–Trinajstić information content (AvgIpc) is 3.11. The molecule has 3 aromatic carbocycles. The first-order chi connectivity index (χ1) is 11.3. The van der Waals surface area contributed by atoms with Gasteiger partial charge in [-0.15, -0.1) is 10.2 Å². The third kappa shape index (κ3) is 2.42. The summed E-state index contributed by atoms with van der Waals surface area (Å²) in [5.41, 5.74) is 2.78. The molecular formula is C20H14N2O. The number of aromatic nitrogens is 2. The maximum absolute atomic E-state index is 5.88. The number of fused-ring (bicyclic) bond motifs is 1. The van der Waals surface area contributed by atoms with E-state index >= 15 is 0 Å². The first kappa shape index (κ1) is 13.5. The smallest absolute Gasteiger partial charge is 0.248 e. The Morgan fingerprint density at radius 1 is 0.783 bits per heavy atom. The third-order valence-corrected chi connectivity index (χ3v) is 3.83. The van der Waals surface area contributed by atoms with Crippen LogP contribution < -0.4 is 0 Å². The molecule has 4 aromatic rings. The van der Waals surface area contributed by atoms with Crippen molar-refractivity contribution >= 4 is 16.8 Å². The lowest BCUT2D eigenvalue weighted by molar-refractivity contribution is 0.584. The molecule has 0 aliphatic carbocycles. The van der Waals surface area contributed by atoms with Crippen molar-refractivity contribution in [3.8, 4) is 22.9 Å². The Morgan fingerprint density at radius 2 is 1.52 bits per heavy atom. The van der Waals surface area contributed by atoms with E-state index < -0.39 is 0 Å². The van der Waals surface area contributed by atoms with Crippen LogP contribution in [0.2, 0.25) is 0 Å². The summed E-state index contributed by atoms with van der Waals surface area (Å²) in [7, 11) is 0. The Labute approximate surface area is 133 Å². The van der Waals surface area contributed by atoms with Crippen LogP contribution in [0.1, 0.15) is 5.56 Å². The van der Waals surface area contributed by atoms with Crippen LogP contribution in [0.4, 0.5) is 0 Å². The maximum Gasteiger partial charge on any atom is 0.248 e. The Balaban J connectivity index is 1.78. The number of benzene rings is 3. The van der Waals surface area contributed by atoms with Gasteiger partial charge in [-0.3, -0.25) is 0 Å². The van der Waals surface area contributed by atoms with E-state index in [1.54, 1.807) is 6.08 Å². The van der Waals surface area contributed by atoms with E-state index in [2.05, 4.69) is 41.0 Å². The summed E-state index contributed by atoms with van der Waals surface area (Å²) in [6, 6.07) is 22.2. The zero-order chi connectivity index (χ0) is 15.6. The van der Waals surface area contributed by atoms with Gasteiger partial charge in [-0.25, -0.2) is 0 Å².